The van der Waals surface area contributed by atoms with Crippen molar-refractivity contribution in [2.45, 2.75) is 33.2 Å². The quantitative estimate of drug-likeness (QED) is 0.487. The smallest absolute Gasteiger partial charge is 0.333 e. The van der Waals surface area contributed by atoms with E-state index in [-0.39, 0.29) is 9.89 Å². The van der Waals surface area contributed by atoms with Gasteiger partial charge in [0.1, 0.15) is 0 Å². The summed E-state index contributed by atoms with van der Waals surface area (Å²) in [5.41, 5.74) is -1.02. The Labute approximate surface area is 125 Å². The normalized spacial score (nSPS) is 11.6. The predicted octanol–water partition coefficient (Wildman–Crippen LogP) is 3.26. The lowest BCUT2D eigenvalue weighted by atomic mass is 9.84. The SMILES string of the molecule is CCC(CC)(CS)Cn1cc(Br)c(=O)c([N+](=O)[O-])c1. The Bertz CT molecular complexity index is 518. The van der Waals surface area contributed by atoms with E-state index >= 15 is 0 Å². The lowest BCUT2D eigenvalue weighted by Crippen LogP contribution is -2.28. The summed E-state index contributed by atoms with van der Waals surface area (Å²) in [6, 6.07) is 0. The Balaban J connectivity index is 3.22. The number of rotatable bonds is 6. The van der Waals surface area contributed by atoms with Crippen LogP contribution in [0.5, 0.6) is 0 Å². The van der Waals surface area contributed by atoms with Gasteiger partial charge in [-0.25, -0.2) is 0 Å². The van der Waals surface area contributed by atoms with Crippen molar-refractivity contribution in [3.05, 3.63) is 37.2 Å². The van der Waals surface area contributed by atoms with Gasteiger partial charge < -0.3 is 4.57 Å². The topological polar surface area (TPSA) is 65.1 Å². The van der Waals surface area contributed by atoms with Crippen molar-refractivity contribution in [1.29, 1.82) is 0 Å². The molecule has 0 aromatic carbocycles. The van der Waals surface area contributed by atoms with Crippen LogP contribution in [0.1, 0.15) is 26.7 Å². The Morgan fingerprint density at radius 1 is 1.42 bits per heavy atom. The molecule has 0 saturated heterocycles. The number of thiol groups is 1. The van der Waals surface area contributed by atoms with Crippen molar-refractivity contribution in [1.82, 2.24) is 4.57 Å². The van der Waals surface area contributed by atoms with Gasteiger partial charge in [0.15, 0.2) is 0 Å². The van der Waals surface area contributed by atoms with Crippen LogP contribution in [0.3, 0.4) is 0 Å². The Hall–Kier alpha value is -0.820. The van der Waals surface area contributed by atoms with Gasteiger partial charge in [-0.3, -0.25) is 14.9 Å². The molecule has 19 heavy (non-hydrogen) atoms. The first-order valence-corrected chi connectivity index (χ1v) is 7.46. The van der Waals surface area contributed by atoms with Gasteiger partial charge in [0.2, 0.25) is 0 Å². The van der Waals surface area contributed by atoms with Gasteiger partial charge in [0.05, 0.1) is 15.6 Å². The maximum atomic E-state index is 11.6. The minimum absolute atomic E-state index is 0.0223. The molecule has 1 rings (SSSR count). The molecule has 0 atom stereocenters. The van der Waals surface area contributed by atoms with E-state index in [1.165, 1.54) is 6.20 Å². The first kappa shape index (κ1) is 16.2. The first-order chi connectivity index (χ1) is 8.89. The molecule has 0 saturated carbocycles. The fourth-order valence-corrected chi connectivity index (χ4v) is 2.95. The van der Waals surface area contributed by atoms with Crippen LogP contribution in [0, 0.1) is 15.5 Å². The van der Waals surface area contributed by atoms with E-state index in [1.807, 2.05) is 0 Å². The van der Waals surface area contributed by atoms with Crippen LogP contribution in [0.2, 0.25) is 0 Å². The number of aromatic nitrogens is 1. The molecular formula is C12H17BrN2O3S. The summed E-state index contributed by atoms with van der Waals surface area (Å²) in [7, 11) is 0. The van der Waals surface area contributed by atoms with Crippen LogP contribution in [-0.4, -0.2) is 15.2 Å². The van der Waals surface area contributed by atoms with Crippen LogP contribution in [0.25, 0.3) is 0 Å². The third-order valence-corrected chi connectivity index (χ3v) is 4.80. The minimum atomic E-state index is -0.649. The van der Waals surface area contributed by atoms with E-state index in [2.05, 4.69) is 42.4 Å². The molecule has 0 unspecified atom stereocenters. The highest BCUT2D eigenvalue weighted by Gasteiger charge is 2.26. The predicted molar refractivity (Wildman–Crippen MR) is 81.9 cm³/mol. The maximum Gasteiger partial charge on any atom is 0.333 e. The minimum Gasteiger partial charge on any atom is -0.346 e. The van der Waals surface area contributed by atoms with Gasteiger partial charge in [-0.2, -0.15) is 12.6 Å². The van der Waals surface area contributed by atoms with Crippen molar-refractivity contribution in [2.24, 2.45) is 5.41 Å². The highest BCUT2D eigenvalue weighted by molar-refractivity contribution is 9.10. The largest absolute Gasteiger partial charge is 0.346 e. The number of hydrogen-bond acceptors (Lipinski definition) is 4. The second-order valence-corrected chi connectivity index (χ2v) is 5.79. The van der Waals surface area contributed by atoms with Gasteiger partial charge in [0.25, 0.3) is 5.43 Å². The molecule has 7 heteroatoms. The van der Waals surface area contributed by atoms with E-state index in [0.717, 1.165) is 12.8 Å². The summed E-state index contributed by atoms with van der Waals surface area (Å²) < 4.78 is 1.91. The zero-order valence-corrected chi connectivity index (χ0v) is 13.4. The van der Waals surface area contributed by atoms with Crippen molar-refractivity contribution in [3.8, 4) is 0 Å². The molecule has 0 fully saturated rings. The molecule has 0 radical (unpaired) electrons. The highest BCUT2D eigenvalue weighted by atomic mass is 79.9. The lowest BCUT2D eigenvalue weighted by molar-refractivity contribution is -0.386. The molecule has 5 nitrogen and oxygen atoms in total. The van der Waals surface area contributed by atoms with Crippen LogP contribution in [0.4, 0.5) is 5.69 Å². The summed E-state index contributed by atoms with van der Waals surface area (Å²) in [6.07, 6.45) is 4.74. The van der Waals surface area contributed by atoms with Crippen LogP contribution < -0.4 is 5.43 Å². The number of halogens is 1. The average Bonchev–Trinajstić information content (AvgIpc) is 2.39. The molecule has 0 aliphatic heterocycles. The van der Waals surface area contributed by atoms with Gasteiger partial charge >= 0.3 is 5.69 Å². The van der Waals surface area contributed by atoms with Crippen LogP contribution in [-0.2, 0) is 6.54 Å². The number of pyridine rings is 1. The first-order valence-electron chi connectivity index (χ1n) is 6.04. The third-order valence-electron chi connectivity index (χ3n) is 3.57. The van der Waals surface area contributed by atoms with Crippen molar-refractivity contribution in [2.75, 3.05) is 5.75 Å². The number of hydrogen-bond donors (Lipinski definition) is 1. The molecule has 0 amide bonds. The van der Waals surface area contributed by atoms with Crippen molar-refractivity contribution < 1.29 is 4.92 Å². The second-order valence-electron chi connectivity index (χ2n) is 4.62. The van der Waals surface area contributed by atoms with Gasteiger partial charge in [-0.15, -0.1) is 0 Å². The molecular weight excluding hydrogens is 332 g/mol. The van der Waals surface area contributed by atoms with E-state index in [9.17, 15) is 14.9 Å². The second kappa shape index (κ2) is 6.56. The Morgan fingerprint density at radius 2 is 2.00 bits per heavy atom. The summed E-state index contributed by atoms with van der Waals surface area (Å²) in [6.45, 7) is 4.75. The van der Waals surface area contributed by atoms with Crippen molar-refractivity contribution >= 4 is 34.2 Å². The average molecular weight is 349 g/mol. The van der Waals surface area contributed by atoms with E-state index in [4.69, 9.17) is 0 Å². The monoisotopic (exact) mass is 348 g/mol. The van der Waals surface area contributed by atoms with Gasteiger partial charge in [-0.05, 0) is 39.9 Å². The summed E-state index contributed by atoms with van der Waals surface area (Å²) >= 11 is 7.47. The highest BCUT2D eigenvalue weighted by Crippen LogP contribution is 2.30. The van der Waals surface area contributed by atoms with Crippen LogP contribution in [0.15, 0.2) is 21.7 Å². The fourth-order valence-electron chi connectivity index (χ4n) is 1.94. The molecule has 0 N–H and O–H groups in total. The van der Waals surface area contributed by atoms with Crippen molar-refractivity contribution in [3.63, 3.8) is 0 Å². The molecule has 0 spiro atoms. The fraction of sp³-hybridized carbons (Fsp3) is 0.583. The zero-order valence-electron chi connectivity index (χ0n) is 10.9. The van der Waals surface area contributed by atoms with E-state index in [0.29, 0.717) is 12.3 Å². The molecule has 0 bridgehead atoms. The molecule has 1 heterocycles. The van der Waals surface area contributed by atoms with E-state index in [1.54, 1.807) is 10.8 Å². The standard InChI is InChI=1S/C12H17BrN2O3S/c1-3-12(4-2,8-19)7-14-5-9(13)11(16)10(6-14)15(17)18/h5-6,19H,3-4,7-8H2,1-2H3. The Kier molecular flexibility index (Phi) is 5.61. The molecule has 106 valence electrons. The van der Waals surface area contributed by atoms with E-state index < -0.39 is 16.0 Å². The zero-order chi connectivity index (χ0) is 14.6. The molecule has 0 aliphatic rings. The lowest BCUT2D eigenvalue weighted by Gasteiger charge is -2.30. The number of nitro groups is 1. The number of nitrogens with zero attached hydrogens (tertiary/aromatic N) is 2. The maximum absolute atomic E-state index is 11.6. The van der Waals surface area contributed by atoms with Gasteiger partial charge in [-0.1, -0.05) is 13.8 Å². The molecule has 1 aromatic heterocycles. The molecule has 0 aliphatic carbocycles. The third kappa shape index (κ3) is 3.60. The summed E-state index contributed by atoms with van der Waals surface area (Å²) in [5.74, 6) is 0.692. The molecule has 1 aromatic rings. The summed E-state index contributed by atoms with van der Waals surface area (Å²) in [4.78, 5) is 21.8. The summed E-state index contributed by atoms with van der Waals surface area (Å²) in [5, 5.41) is 10.9. The van der Waals surface area contributed by atoms with Gasteiger partial charge in [0, 0.05) is 12.7 Å². The van der Waals surface area contributed by atoms with Crippen LogP contribution >= 0.6 is 28.6 Å². The Morgan fingerprint density at radius 3 is 2.42 bits per heavy atom.